The van der Waals surface area contributed by atoms with Gasteiger partial charge in [-0.05, 0) is 30.9 Å². The molecule has 1 aromatic carbocycles. The van der Waals surface area contributed by atoms with Gasteiger partial charge in [0, 0.05) is 24.7 Å². The molecule has 2 aromatic rings. The minimum atomic E-state index is 0.0120. The van der Waals surface area contributed by atoms with Gasteiger partial charge in [0.15, 0.2) is 0 Å². The molecule has 2 aliphatic rings. The second-order valence-electron chi connectivity index (χ2n) is 6.30. The number of hydrogen-bond donors (Lipinski definition) is 1. The molecule has 1 aliphatic carbocycles. The molecule has 1 N–H and O–H groups in total. The van der Waals surface area contributed by atoms with E-state index in [1.54, 1.807) is 0 Å². The van der Waals surface area contributed by atoms with Crippen molar-refractivity contribution in [1.82, 2.24) is 20.2 Å². The summed E-state index contributed by atoms with van der Waals surface area (Å²) in [5.41, 5.74) is 4.75. The molecule has 0 spiro atoms. The summed E-state index contributed by atoms with van der Waals surface area (Å²) >= 11 is 0. The molecule has 1 unspecified atom stereocenters. The average Bonchev–Trinajstić information content (AvgIpc) is 2.97. The number of benzene rings is 1. The number of hydrogen-bond acceptors (Lipinski definition) is 3. The maximum absolute atomic E-state index is 12.6. The number of aromatic nitrogens is 2. The van der Waals surface area contributed by atoms with Crippen molar-refractivity contribution in [3.05, 3.63) is 58.7 Å². The normalized spacial score (nSPS) is 19.2. The summed E-state index contributed by atoms with van der Waals surface area (Å²) in [7, 11) is 0. The van der Waals surface area contributed by atoms with Crippen LogP contribution in [0.2, 0.25) is 0 Å². The standard InChI is InChI=1S/C18H20N4O/c1-12-19-10-14-11-22(9-8-16(14)20-12)18(23)21-17-7-6-13-4-2-3-5-15(13)17/h2-5,10,17H,6-9,11H2,1H3,(H,21,23). The Kier molecular flexibility index (Phi) is 3.48. The molecule has 1 aromatic heterocycles. The van der Waals surface area contributed by atoms with Crippen LogP contribution in [0.4, 0.5) is 4.79 Å². The fourth-order valence-corrected chi connectivity index (χ4v) is 3.54. The molecular formula is C18H20N4O. The monoisotopic (exact) mass is 308 g/mol. The molecule has 0 saturated heterocycles. The van der Waals surface area contributed by atoms with E-state index >= 15 is 0 Å². The lowest BCUT2D eigenvalue weighted by Crippen LogP contribution is -2.44. The summed E-state index contributed by atoms with van der Waals surface area (Å²) in [6.07, 6.45) is 4.67. The molecule has 1 aliphatic heterocycles. The Bertz CT molecular complexity index is 758. The van der Waals surface area contributed by atoms with Crippen LogP contribution in [0.25, 0.3) is 0 Å². The number of fused-ring (bicyclic) bond motifs is 2. The van der Waals surface area contributed by atoms with Crippen LogP contribution in [-0.4, -0.2) is 27.4 Å². The van der Waals surface area contributed by atoms with Crippen LogP contribution < -0.4 is 5.32 Å². The first kappa shape index (κ1) is 14.2. The summed E-state index contributed by atoms with van der Waals surface area (Å²) in [6, 6.07) is 8.52. The molecule has 5 heteroatoms. The van der Waals surface area contributed by atoms with Crippen molar-refractivity contribution in [3.63, 3.8) is 0 Å². The maximum Gasteiger partial charge on any atom is 0.318 e. The third-order valence-electron chi connectivity index (χ3n) is 4.77. The third-order valence-corrected chi connectivity index (χ3v) is 4.77. The first-order valence-electron chi connectivity index (χ1n) is 8.15. The number of carbonyl (C=O) groups excluding carboxylic acids is 1. The van der Waals surface area contributed by atoms with Gasteiger partial charge in [0.2, 0.25) is 0 Å². The van der Waals surface area contributed by atoms with Gasteiger partial charge < -0.3 is 10.2 Å². The largest absolute Gasteiger partial charge is 0.331 e. The number of nitrogens with one attached hydrogen (secondary N) is 1. The van der Waals surface area contributed by atoms with Gasteiger partial charge in [0.25, 0.3) is 0 Å². The van der Waals surface area contributed by atoms with Crippen molar-refractivity contribution in [3.8, 4) is 0 Å². The van der Waals surface area contributed by atoms with Crippen molar-refractivity contribution < 1.29 is 4.79 Å². The Morgan fingerprint density at radius 1 is 1.26 bits per heavy atom. The van der Waals surface area contributed by atoms with Gasteiger partial charge in [-0.1, -0.05) is 24.3 Å². The Morgan fingerprint density at radius 2 is 2.13 bits per heavy atom. The van der Waals surface area contributed by atoms with E-state index in [9.17, 15) is 4.79 Å². The van der Waals surface area contributed by atoms with Crippen LogP contribution >= 0.6 is 0 Å². The molecule has 0 radical (unpaired) electrons. The summed E-state index contributed by atoms with van der Waals surface area (Å²) in [5, 5.41) is 3.19. The van der Waals surface area contributed by atoms with Crippen LogP contribution in [0.3, 0.4) is 0 Å². The van der Waals surface area contributed by atoms with E-state index in [1.165, 1.54) is 11.1 Å². The maximum atomic E-state index is 12.6. The van der Waals surface area contributed by atoms with Crippen molar-refractivity contribution >= 4 is 6.03 Å². The molecule has 0 saturated carbocycles. The molecular weight excluding hydrogens is 288 g/mol. The molecule has 1 atom stereocenters. The van der Waals surface area contributed by atoms with E-state index in [4.69, 9.17) is 0 Å². The zero-order valence-electron chi connectivity index (χ0n) is 13.2. The van der Waals surface area contributed by atoms with Gasteiger partial charge in [0.1, 0.15) is 5.82 Å². The van der Waals surface area contributed by atoms with Gasteiger partial charge in [0.05, 0.1) is 18.3 Å². The van der Waals surface area contributed by atoms with Crippen molar-refractivity contribution in [2.45, 2.75) is 38.8 Å². The smallest absolute Gasteiger partial charge is 0.318 e. The van der Waals surface area contributed by atoms with Crippen molar-refractivity contribution in [1.29, 1.82) is 0 Å². The Morgan fingerprint density at radius 3 is 3.04 bits per heavy atom. The Balaban J connectivity index is 1.46. The molecule has 4 rings (SSSR count). The molecule has 118 valence electrons. The van der Waals surface area contributed by atoms with E-state index in [-0.39, 0.29) is 12.1 Å². The molecule has 23 heavy (non-hydrogen) atoms. The van der Waals surface area contributed by atoms with Crippen molar-refractivity contribution in [2.24, 2.45) is 0 Å². The summed E-state index contributed by atoms with van der Waals surface area (Å²) < 4.78 is 0. The highest BCUT2D eigenvalue weighted by Crippen LogP contribution is 2.31. The van der Waals surface area contributed by atoms with E-state index in [2.05, 4.69) is 33.5 Å². The topological polar surface area (TPSA) is 58.1 Å². The highest BCUT2D eigenvalue weighted by atomic mass is 16.2. The van der Waals surface area contributed by atoms with Gasteiger partial charge >= 0.3 is 6.03 Å². The van der Waals surface area contributed by atoms with Gasteiger partial charge in [-0.25, -0.2) is 14.8 Å². The lowest BCUT2D eigenvalue weighted by atomic mass is 10.1. The van der Waals surface area contributed by atoms with E-state index in [0.717, 1.165) is 36.3 Å². The average molecular weight is 308 g/mol. The number of nitrogens with zero attached hydrogens (tertiary/aromatic N) is 3. The number of urea groups is 1. The van der Waals surface area contributed by atoms with E-state index in [1.807, 2.05) is 24.1 Å². The SMILES string of the molecule is Cc1ncc2c(n1)CCN(C(=O)NC1CCc3ccccc31)C2. The Hall–Kier alpha value is -2.43. The predicted molar refractivity (Wildman–Crippen MR) is 86.9 cm³/mol. The fraction of sp³-hybridized carbons (Fsp3) is 0.389. The first-order valence-corrected chi connectivity index (χ1v) is 8.15. The van der Waals surface area contributed by atoms with Crippen LogP contribution in [0.5, 0.6) is 0 Å². The fourth-order valence-electron chi connectivity index (χ4n) is 3.54. The van der Waals surface area contributed by atoms with Gasteiger partial charge in [-0.2, -0.15) is 0 Å². The number of amides is 2. The van der Waals surface area contributed by atoms with Crippen LogP contribution in [0.1, 0.15) is 40.7 Å². The first-order chi connectivity index (χ1) is 11.2. The predicted octanol–water partition coefficient (Wildman–Crippen LogP) is 2.54. The number of carbonyl (C=O) groups is 1. The third kappa shape index (κ3) is 2.67. The summed E-state index contributed by atoms with van der Waals surface area (Å²) in [6.45, 7) is 3.20. The second kappa shape index (κ2) is 5.65. The zero-order valence-corrected chi connectivity index (χ0v) is 13.2. The number of aryl methyl sites for hydroxylation is 2. The number of rotatable bonds is 1. The van der Waals surface area contributed by atoms with Crippen LogP contribution in [0.15, 0.2) is 30.5 Å². The van der Waals surface area contributed by atoms with E-state index < -0.39 is 0 Å². The second-order valence-corrected chi connectivity index (χ2v) is 6.30. The van der Waals surface area contributed by atoms with Gasteiger partial charge in [-0.3, -0.25) is 0 Å². The Labute approximate surface area is 135 Å². The molecule has 2 heterocycles. The zero-order chi connectivity index (χ0) is 15.8. The molecule has 0 bridgehead atoms. The lowest BCUT2D eigenvalue weighted by Gasteiger charge is -2.29. The van der Waals surface area contributed by atoms with Crippen molar-refractivity contribution in [2.75, 3.05) is 6.54 Å². The lowest BCUT2D eigenvalue weighted by molar-refractivity contribution is 0.187. The quantitative estimate of drug-likeness (QED) is 0.881. The minimum Gasteiger partial charge on any atom is -0.331 e. The molecule has 2 amide bonds. The van der Waals surface area contributed by atoms with Crippen LogP contribution in [0, 0.1) is 6.92 Å². The van der Waals surface area contributed by atoms with Crippen LogP contribution in [-0.2, 0) is 19.4 Å². The molecule has 5 nitrogen and oxygen atoms in total. The molecule has 0 fully saturated rings. The summed E-state index contributed by atoms with van der Waals surface area (Å²) in [5.74, 6) is 0.796. The summed E-state index contributed by atoms with van der Waals surface area (Å²) in [4.78, 5) is 23.2. The highest BCUT2D eigenvalue weighted by Gasteiger charge is 2.27. The van der Waals surface area contributed by atoms with Gasteiger partial charge in [-0.15, -0.1) is 0 Å². The minimum absolute atomic E-state index is 0.0120. The highest BCUT2D eigenvalue weighted by molar-refractivity contribution is 5.75. The van der Waals surface area contributed by atoms with E-state index in [0.29, 0.717) is 13.1 Å².